The van der Waals surface area contributed by atoms with Crippen LogP contribution in [0.5, 0.6) is 0 Å². The van der Waals surface area contributed by atoms with Gasteiger partial charge in [-0.2, -0.15) is 0 Å². The Kier molecular flexibility index (Phi) is 1.68. The number of rotatable bonds is 1. The summed E-state index contributed by atoms with van der Waals surface area (Å²) in [6.07, 6.45) is 0.0463. The molecular formula is C5H8NO3. The predicted molar refractivity (Wildman–Crippen MR) is 29.2 cm³/mol. The molecule has 3 N–H and O–H groups in total. The normalized spacial score (nSPS) is 34.8. The van der Waals surface area contributed by atoms with Crippen molar-refractivity contribution in [2.45, 2.75) is 12.2 Å². The standard InChI is InChI=1S/C5H8NO3/c6-5(8)4-1-3(7)2-9-4/h1,3-4,7H,2H2,(H2,6,8)/t3-,4?/m1/s1. The Balaban J connectivity index is 2.39. The molecule has 1 heterocycles. The quantitative estimate of drug-likeness (QED) is 0.450. The Morgan fingerprint density at radius 1 is 1.89 bits per heavy atom. The van der Waals surface area contributed by atoms with Crippen molar-refractivity contribution in [3.8, 4) is 0 Å². The first-order valence-electron chi connectivity index (χ1n) is 2.64. The predicted octanol–water partition coefficient (Wildman–Crippen LogP) is -1.56. The van der Waals surface area contributed by atoms with Gasteiger partial charge in [-0.1, -0.05) is 0 Å². The highest BCUT2D eigenvalue weighted by atomic mass is 16.5. The minimum atomic E-state index is -0.694. The van der Waals surface area contributed by atoms with E-state index in [1.807, 2.05) is 0 Å². The summed E-state index contributed by atoms with van der Waals surface area (Å²) in [6, 6.07) is 0. The number of primary amides is 1. The number of amides is 1. The van der Waals surface area contributed by atoms with E-state index in [-0.39, 0.29) is 6.61 Å². The van der Waals surface area contributed by atoms with Crippen LogP contribution in [0.2, 0.25) is 0 Å². The van der Waals surface area contributed by atoms with Gasteiger partial charge in [0.2, 0.25) is 5.91 Å². The van der Waals surface area contributed by atoms with Crippen molar-refractivity contribution in [1.29, 1.82) is 0 Å². The molecule has 1 rings (SSSR count). The molecule has 1 unspecified atom stereocenters. The number of hydrogen-bond acceptors (Lipinski definition) is 3. The van der Waals surface area contributed by atoms with Gasteiger partial charge >= 0.3 is 0 Å². The Bertz CT molecular complexity index is 125. The minimum absolute atomic E-state index is 0.174. The number of hydrogen-bond donors (Lipinski definition) is 2. The summed E-state index contributed by atoms with van der Waals surface area (Å²) in [6.45, 7) is 0.174. The van der Waals surface area contributed by atoms with Gasteiger partial charge in [-0.25, -0.2) is 0 Å². The SMILES string of the molecule is NC(=O)C1[CH][C@@H](O)CO1. The molecular weight excluding hydrogens is 122 g/mol. The molecule has 0 aromatic carbocycles. The number of carbonyl (C=O) groups is 1. The fourth-order valence-corrected chi connectivity index (χ4v) is 0.692. The van der Waals surface area contributed by atoms with Crippen molar-refractivity contribution in [3.05, 3.63) is 6.42 Å². The lowest BCUT2D eigenvalue weighted by atomic mass is 10.2. The van der Waals surface area contributed by atoms with Gasteiger partial charge in [0, 0.05) is 6.42 Å². The monoisotopic (exact) mass is 130 g/mol. The lowest BCUT2D eigenvalue weighted by molar-refractivity contribution is -0.125. The molecule has 4 heteroatoms. The summed E-state index contributed by atoms with van der Waals surface area (Å²) in [5.41, 5.74) is 4.85. The Morgan fingerprint density at radius 2 is 2.56 bits per heavy atom. The van der Waals surface area contributed by atoms with Gasteiger partial charge in [0.1, 0.15) is 6.10 Å². The van der Waals surface area contributed by atoms with E-state index in [4.69, 9.17) is 15.6 Å². The number of carbonyl (C=O) groups excluding carboxylic acids is 1. The molecule has 0 spiro atoms. The largest absolute Gasteiger partial charge is 0.390 e. The molecule has 0 aromatic rings. The third kappa shape index (κ3) is 1.40. The van der Waals surface area contributed by atoms with Gasteiger partial charge < -0.3 is 15.6 Å². The van der Waals surface area contributed by atoms with Crippen molar-refractivity contribution < 1.29 is 14.6 Å². The van der Waals surface area contributed by atoms with Crippen molar-refractivity contribution in [2.24, 2.45) is 5.73 Å². The number of aliphatic hydroxyl groups excluding tert-OH is 1. The van der Waals surface area contributed by atoms with Crippen LogP contribution < -0.4 is 5.73 Å². The van der Waals surface area contributed by atoms with Gasteiger partial charge in [-0.05, 0) is 0 Å². The summed E-state index contributed by atoms with van der Waals surface area (Å²) in [7, 11) is 0. The lowest BCUT2D eigenvalue weighted by Crippen LogP contribution is -2.28. The highest BCUT2D eigenvalue weighted by Crippen LogP contribution is 2.10. The van der Waals surface area contributed by atoms with Gasteiger partial charge in [0.15, 0.2) is 0 Å². The van der Waals surface area contributed by atoms with Gasteiger partial charge in [0.25, 0.3) is 0 Å². The molecule has 4 nitrogen and oxygen atoms in total. The second kappa shape index (κ2) is 2.33. The first-order valence-corrected chi connectivity index (χ1v) is 2.64. The summed E-state index contributed by atoms with van der Waals surface area (Å²) in [4.78, 5) is 10.3. The maximum atomic E-state index is 10.3. The fraction of sp³-hybridized carbons (Fsp3) is 0.600. The van der Waals surface area contributed by atoms with Crippen molar-refractivity contribution in [3.63, 3.8) is 0 Å². The molecule has 1 amide bonds. The van der Waals surface area contributed by atoms with Crippen LogP contribution in [-0.4, -0.2) is 29.8 Å². The molecule has 1 saturated heterocycles. The molecule has 0 aromatic heterocycles. The van der Waals surface area contributed by atoms with Gasteiger partial charge in [0.05, 0.1) is 12.7 Å². The molecule has 1 fully saturated rings. The molecule has 1 radical (unpaired) electrons. The lowest BCUT2D eigenvalue weighted by Gasteiger charge is -1.99. The molecule has 0 bridgehead atoms. The van der Waals surface area contributed by atoms with Gasteiger partial charge in [-0.3, -0.25) is 4.79 Å². The summed E-state index contributed by atoms with van der Waals surface area (Å²) in [5, 5.41) is 8.76. The van der Waals surface area contributed by atoms with Crippen LogP contribution in [0.25, 0.3) is 0 Å². The van der Waals surface area contributed by atoms with Crippen LogP contribution >= 0.6 is 0 Å². The van der Waals surface area contributed by atoms with E-state index in [0.717, 1.165) is 0 Å². The average molecular weight is 130 g/mol. The minimum Gasteiger partial charge on any atom is -0.390 e. The second-order valence-electron chi connectivity index (χ2n) is 1.92. The number of nitrogens with two attached hydrogens (primary N) is 1. The van der Waals surface area contributed by atoms with E-state index >= 15 is 0 Å². The fourth-order valence-electron chi connectivity index (χ4n) is 0.692. The summed E-state index contributed by atoms with van der Waals surface area (Å²) < 4.78 is 4.75. The average Bonchev–Trinajstić information content (AvgIpc) is 2.14. The Hall–Kier alpha value is -0.610. The van der Waals surface area contributed by atoms with Crippen molar-refractivity contribution in [2.75, 3.05) is 6.61 Å². The molecule has 1 aliphatic rings. The highest BCUT2D eigenvalue weighted by molar-refractivity contribution is 5.80. The van der Waals surface area contributed by atoms with Crippen LogP contribution in [0.1, 0.15) is 0 Å². The second-order valence-corrected chi connectivity index (χ2v) is 1.92. The van der Waals surface area contributed by atoms with Crippen molar-refractivity contribution >= 4 is 5.91 Å². The van der Waals surface area contributed by atoms with Crippen LogP contribution in [0, 0.1) is 6.42 Å². The van der Waals surface area contributed by atoms with E-state index in [1.165, 1.54) is 6.42 Å². The zero-order valence-electron chi connectivity index (χ0n) is 4.78. The van der Waals surface area contributed by atoms with Crippen molar-refractivity contribution in [1.82, 2.24) is 0 Å². The summed E-state index contributed by atoms with van der Waals surface area (Å²) >= 11 is 0. The number of ether oxygens (including phenoxy) is 1. The Morgan fingerprint density at radius 3 is 2.78 bits per heavy atom. The third-order valence-corrected chi connectivity index (χ3v) is 1.12. The van der Waals surface area contributed by atoms with Crippen LogP contribution in [-0.2, 0) is 9.53 Å². The van der Waals surface area contributed by atoms with Crippen LogP contribution in [0.15, 0.2) is 0 Å². The highest BCUT2D eigenvalue weighted by Gasteiger charge is 2.27. The summed E-state index contributed by atoms with van der Waals surface area (Å²) in [5.74, 6) is -0.549. The Labute approximate surface area is 52.6 Å². The van der Waals surface area contributed by atoms with Gasteiger partial charge in [-0.15, -0.1) is 0 Å². The first kappa shape index (κ1) is 6.51. The maximum Gasteiger partial charge on any atom is 0.246 e. The van der Waals surface area contributed by atoms with E-state index in [9.17, 15) is 4.79 Å². The topological polar surface area (TPSA) is 72.6 Å². The third-order valence-electron chi connectivity index (χ3n) is 1.12. The van der Waals surface area contributed by atoms with Crippen LogP contribution in [0.4, 0.5) is 0 Å². The molecule has 2 atom stereocenters. The molecule has 1 aliphatic heterocycles. The number of aliphatic hydroxyl groups is 1. The smallest absolute Gasteiger partial charge is 0.246 e. The van der Waals surface area contributed by atoms with Crippen LogP contribution in [0.3, 0.4) is 0 Å². The molecule has 9 heavy (non-hydrogen) atoms. The van der Waals surface area contributed by atoms with E-state index < -0.39 is 18.1 Å². The molecule has 0 aliphatic carbocycles. The van der Waals surface area contributed by atoms with E-state index in [2.05, 4.69) is 0 Å². The first-order chi connectivity index (χ1) is 4.20. The molecule has 0 saturated carbocycles. The zero-order chi connectivity index (χ0) is 6.85. The van der Waals surface area contributed by atoms with E-state index in [0.29, 0.717) is 0 Å². The van der Waals surface area contributed by atoms with E-state index in [1.54, 1.807) is 0 Å². The zero-order valence-corrected chi connectivity index (χ0v) is 4.78. The molecule has 51 valence electrons. The maximum absolute atomic E-state index is 10.3.